The van der Waals surface area contributed by atoms with Gasteiger partial charge in [0, 0.05) is 19.6 Å². The van der Waals surface area contributed by atoms with Crippen molar-refractivity contribution in [3.05, 3.63) is 11.4 Å². The van der Waals surface area contributed by atoms with Crippen molar-refractivity contribution in [3.63, 3.8) is 0 Å². The third kappa shape index (κ3) is 3.34. The molecule has 0 saturated carbocycles. The number of hydrogen-bond donors (Lipinski definition) is 2. The second kappa shape index (κ2) is 6.49. The minimum atomic E-state index is -3.50. The highest BCUT2D eigenvalue weighted by Gasteiger charge is 2.30. The minimum Gasteiger partial charge on any atom is -0.311 e. The topological polar surface area (TPSA) is 78.1 Å². The summed E-state index contributed by atoms with van der Waals surface area (Å²) in [6, 6.07) is -0.0358. The maximum atomic E-state index is 12.6. The average Bonchev–Trinajstić information content (AvgIpc) is 2.76. The van der Waals surface area contributed by atoms with Gasteiger partial charge < -0.3 is 5.32 Å². The number of nitrogens with zero attached hydrogens (tertiary/aromatic N) is 2. The summed E-state index contributed by atoms with van der Waals surface area (Å²) in [6.07, 6.45) is 0.773. The zero-order valence-electron chi connectivity index (χ0n) is 12.3. The van der Waals surface area contributed by atoms with Crippen molar-refractivity contribution < 1.29 is 8.42 Å². The smallest absolute Gasteiger partial charge is 0.246 e. The Labute approximate surface area is 115 Å². The quantitative estimate of drug-likeness (QED) is 0.791. The maximum absolute atomic E-state index is 12.6. The van der Waals surface area contributed by atoms with E-state index >= 15 is 0 Å². The van der Waals surface area contributed by atoms with Gasteiger partial charge in [-0.25, -0.2) is 8.42 Å². The van der Waals surface area contributed by atoms with Crippen molar-refractivity contribution >= 4 is 10.0 Å². The van der Waals surface area contributed by atoms with Gasteiger partial charge >= 0.3 is 0 Å². The van der Waals surface area contributed by atoms with Gasteiger partial charge in [0.25, 0.3) is 0 Å². The van der Waals surface area contributed by atoms with Crippen LogP contribution in [0.15, 0.2) is 4.90 Å². The first-order valence-corrected chi connectivity index (χ1v) is 8.02. The van der Waals surface area contributed by atoms with Crippen LogP contribution in [0.4, 0.5) is 0 Å². The molecule has 7 heteroatoms. The van der Waals surface area contributed by atoms with Crippen LogP contribution < -0.4 is 5.32 Å². The van der Waals surface area contributed by atoms with Gasteiger partial charge in [0.2, 0.25) is 10.0 Å². The van der Waals surface area contributed by atoms with E-state index in [1.54, 1.807) is 14.0 Å². The van der Waals surface area contributed by atoms with Gasteiger partial charge in [0.1, 0.15) is 4.90 Å². The summed E-state index contributed by atoms with van der Waals surface area (Å²) in [6.45, 7) is 8.80. The predicted molar refractivity (Wildman–Crippen MR) is 75.4 cm³/mol. The molecule has 0 radical (unpaired) electrons. The molecule has 1 aromatic rings. The molecule has 0 fully saturated rings. The Morgan fingerprint density at radius 2 is 2.05 bits per heavy atom. The number of aromatic nitrogens is 2. The van der Waals surface area contributed by atoms with Gasteiger partial charge in [-0.2, -0.15) is 9.40 Å². The van der Waals surface area contributed by atoms with E-state index < -0.39 is 10.0 Å². The van der Waals surface area contributed by atoms with E-state index in [0.29, 0.717) is 22.8 Å². The molecule has 0 spiro atoms. The lowest BCUT2D eigenvalue weighted by atomic mass is 10.3. The normalized spacial score (nSPS) is 14.0. The number of rotatable bonds is 7. The van der Waals surface area contributed by atoms with Crippen molar-refractivity contribution in [3.8, 4) is 0 Å². The lowest BCUT2D eigenvalue weighted by molar-refractivity contribution is 0.380. The van der Waals surface area contributed by atoms with Crippen LogP contribution in [0.3, 0.4) is 0 Å². The van der Waals surface area contributed by atoms with E-state index in [2.05, 4.69) is 15.5 Å². The van der Waals surface area contributed by atoms with E-state index in [1.807, 2.05) is 20.8 Å². The van der Waals surface area contributed by atoms with Gasteiger partial charge in [-0.3, -0.25) is 5.10 Å². The molecular formula is C12H24N4O2S. The molecule has 19 heavy (non-hydrogen) atoms. The standard InChI is InChI=1S/C12H24N4O2S/c1-6-9(3)16(5)19(17,18)12-10(4)14-15-11(12)8-13-7-2/h9,13H,6-8H2,1-5H3,(H,14,15). The van der Waals surface area contributed by atoms with Crippen LogP contribution in [0.1, 0.15) is 38.6 Å². The first kappa shape index (κ1) is 16.1. The minimum absolute atomic E-state index is 0.0358. The molecule has 0 aliphatic rings. The summed E-state index contributed by atoms with van der Waals surface area (Å²) < 4.78 is 26.7. The zero-order valence-corrected chi connectivity index (χ0v) is 13.1. The van der Waals surface area contributed by atoms with Crippen LogP contribution in [0.5, 0.6) is 0 Å². The molecular weight excluding hydrogens is 264 g/mol. The molecule has 0 aromatic carbocycles. The van der Waals surface area contributed by atoms with E-state index in [9.17, 15) is 8.42 Å². The molecule has 0 aliphatic carbocycles. The number of nitrogens with one attached hydrogen (secondary N) is 2. The summed E-state index contributed by atoms with van der Waals surface area (Å²) in [5, 5.41) is 9.97. The van der Waals surface area contributed by atoms with Crippen molar-refractivity contribution in [2.45, 2.75) is 51.6 Å². The molecule has 0 amide bonds. The van der Waals surface area contributed by atoms with E-state index in [4.69, 9.17) is 0 Å². The van der Waals surface area contributed by atoms with Crippen LogP contribution in [-0.4, -0.2) is 42.6 Å². The summed E-state index contributed by atoms with van der Waals surface area (Å²) in [5.74, 6) is 0. The Morgan fingerprint density at radius 3 is 2.58 bits per heavy atom. The fraction of sp³-hybridized carbons (Fsp3) is 0.750. The molecule has 1 heterocycles. The monoisotopic (exact) mass is 288 g/mol. The zero-order chi connectivity index (χ0) is 14.6. The Morgan fingerprint density at radius 1 is 1.42 bits per heavy atom. The van der Waals surface area contributed by atoms with Crippen LogP contribution in [0, 0.1) is 6.92 Å². The first-order chi connectivity index (χ1) is 8.86. The Balaban J connectivity index is 3.17. The number of hydrogen-bond acceptors (Lipinski definition) is 4. The molecule has 1 rings (SSSR count). The fourth-order valence-corrected chi connectivity index (χ4v) is 3.57. The van der Waals surface area contributed by atoms with Crippen molar-refractivity contribution in [1.82, 2.24) is 19.8 Å². The van der Waals surface area contributed by atoms with Gasteiger partial charge in [-0.15, -0.1) is 0 Å². The predicted octanol–water partition coefficient (Wildman–Crippen LogP) is 1.25. The van der Waals surface area contributed by atoms with Crippen LogP contribution >= 0.6 is 0 Å². The van der Waals surface area contributed by atoms with Crippen LogP contribution in [0.2, 0.25) is 0 Å². The second-order valence-electron chi connectivity index (χ2n) is 4.68. The number of aryl methyl sites for hydroxylation is 1. The van der Waals surface area contributed by atoms with Crippen molar-refractivity contribution in [2.75, 3.05) is 13.6 Å². The summed E-state index contributed by atoms with van der Waals surface area (Å²) in [7, 11) is -1.88. The summed E-state index contributed by atoms with van der Waals surface area (Å²) >= 11 is 0. The highest BCUT2D eigenvalue weighted by atomic mass is 32.2. The molecule has 1 unspecified atom stereocenters. The van der Waals surface area contributed by atoms with Gasteiger partial charge in [0.15, 0.2) is 0 Å². The number of H-pyrrole nitrogens is 1. The van der Waals surface area contributed by atoms with E-state index in [0.717, 1.165) is 13.0 Å². The summed E-state index contributed by atoms with van der Waals surface area (Å²) in [5.41, 5.74) is 1.14. The Hall–Kier alpha value is -0.920. The molecule has 6 nitrogen and oxygen atoms in total. The second-order valence-corrected chi connectivity index (χ2v) is 6.62. The van der Waals surface area contributed by atoms with Gasteiger partial charge in [0.05, 0.1) is 11.4 Å². The number of sulfonamides is 1. The largest absolute Gasteiger partial charge is 0.311 e. The molecule has 110 valence electrons. The van der Waals surface area contributed by atoms with Crippen LogP contribution in [0.25, 0.3) is 0 Å². The molecule has 1 aromatic heterocycles. The SMILES string of the molecule is CCNCc1n[nH]c(C)c1S(=O)(=O)N(C)C(C)CC. The lowest BCUT2D eigenvalue weighted by Crippen LogP contribution is -2.35. The van der Waals surface area contributed by atoms with Gasteiger partial charge in [-0.1, -0.05) is 13.8 Å². The highest BCUT2D eigenvalue weighted by Crippen LogP contribution is 2.23. The van der Waals surface area contributed by atoms with Crippen molar-refractivity contribution in [2.24, 2.45) is 0 Å². The molecule has 1 atom stereocenters. The van der Waals surface area contributed by atoms with Gasteiger partial charge in [-0.05, 0) is 26.8 Å². The Kier molecular flexibility index (Phi) is 5.51. The number of aromatic amines is 1. The molecule has 0 aliphatic heterocycles. The molecule has 0 saturated heterocycles. The van der Waals surface area contributed by atoms with Crippen LogP contribution in [-0.2, 0) is 16.6 Å². The lowest BCUT2D eigenvalue weighted by Gasteiger charge is -2.23. The van der Waals surface area contributed by atoms with E-state index in [-0.39, 0.29) is 6.04 Å². The average molecular weight is 288 g/mol. The van der Waals surface area contributed by atoms with E-state index in [1.165, 1.54) is 4.31 Å². The third-order valence-electron chi connectivity index (χ3n) is 3.35. The highest BCUT2D eigenvalue weighted by molar-refractivity contribution is 7.89. The van der Waals surface area contributed by atoms with Crippen molar-refractivity contribution in [1.29, 1.82) is 0 Å². The summed E-state index contributed by atoms with van der Waals surface area (Å²) in [4.78, 5) is 0.302. The molecule has 2 N–H and O–H groups in total. The maximum Gasteiger partial charge on any atom is 0.246 e. The fourth-order valence-electron chi connectivity index (χ4n) is 1.81. The Bertz CT molecular complexity index is 510. The molecule has 0 bridgehead atoms. The first-order valence-electron chi connectivity index (χ1n) is 6.58. The third-order valence-corrected chi connectivity index (χ3v) is 5.53.